The van der Waals surface area contributed by atoms with E-state index in [0.29, 0.717) is 5.69 Å². The van der Waals surface area contributed by atoms with E-state index in [9.17, 15) is 27.4 Å². The van der Waals surface area contributed by atoms with Crippen LogP contribution in [0.3, 0.4) is 0 Å². The van der Waals surface area contributed by atoms with Crippen LogP contribution < -0.4 is 35.3 Å². The predicted octanol–water partition coefficient (Wildman–Crippen LogP) is 1.78. The number of benzene rings is 1. The Morgan fingerprint density at radius 3 is 1.74 bits per heavy atom. The fourth-order valence-corrected chi connectivity index (χ4v) is 4.08. The molecule has 3 unspecified atom stereocenters. The van der Waals surface area contributed by atoms with Crippen LogP contribution in [0.2, 0.25) is 0 Å². The maximum absolute atomic E-state index is 12.1. The molecule has 218 valence electrons. The smallest absolute Gasteiger partial charge is 0.747 e. The minimum Gasteiger partial charge on any atom is -0.747 e. The number of carbonyl (C=O) groups is 3. The summed E-state index contributed by atoms with van der Waals surface area (Å²) in [6, 6.07) is 6.06. The third-order valence-corrected chi connectivity index (χ3v) is 7.20. The molecule has 0 heterocycles. The van der Waals surface area contributed by atoms with Crippen molar-refractivity contribution in [2.45, 2.75) is 90.7 Å². The average molecular weight is 582 g/mol. The number of carboxylic acids is 1. The second-order valence-electron chi connectivity index (χ2n) is 9.26. The van der Waals surface area contributed by atoms with Gasteiger partial charge >= 0.3 is 47.5 Å². The Hall–Kier alpha value is -1.66. The van der Waals surface area contributed by atoms with Gasteiger partial charge in [0.1, 0.15) is 10.1 Å². The maximum atomic E-state index is 12.1. The van der Waals surface area contributed by atoms with Gasteiger partial charge in [-0.3, -0.25) is 9.59 Å². The predicted molar refractivity (Wildman–Crippen MR) is 144 cm³/mol. The van der Waals surface area contributed by atoms with Crippen LogP contribution in [0.1, 0.15) is 95.8 Å². The first kappa shape index (κ1) is 39.5. The Balaban J connectivity index is 0. The van der Waals surface area contributed by atoms with Crippen molar-refractivity contribution in [1.82, 2.24) is 0 Å². The van der Waals surface area contributed by atoms with Crippen molar-refractivity contribution in [3.05, 3.63) is 29.8 Å². The van der Waals surface area contributed by atoms with Gasteiger partial charge in [-0.15, -0.1) is 0 Å². The first-order valence-corrected chi connectivity index (χ1v) is 14.7. The molecule has 12 heteroatoms. The molecule has 0 aliphatic heterocycles. The molecule has 1 aromatic carbocycles. The molecular weight excluding hydrogens is 537 g/mol. The molecule has 0 radical (unpaired) electrons. The Morgan fingerprint density at radius 2 is 1.36 bits per heavy atom. The summed E-state index contributed by atoms with van der Waals surface area (Å²) >= 11 is 0. The van der Waals surface area contributed by atoms with Crippen LogP contribution in [-0.4, -0.2) is 54.4 Å². The zero-order valence-corrected chi connectivity index (χ0v) is 26.8. The molecule has 1 aromatic rings. The normalized spacial score (nSPS) is 13.1. The molecule has 0 aliphatic rings. The quantitative estimate of drug-likeness (QED) is 0.119. The Kier molecular flexibility index (Phi) is 22.4. The van der Waals surface area contributed by atoms with Crippen LogP contribution >= 0.6 is 0 Å². The van der Waals surface area contributed by atoms with E-state index in [0.717, 1.165) is 51.4 Å². The molecule has 0 amide bonds. The van der Waals surface area contributed by atoms with E-state index in [4.69, 9.17) is 20.3 Å². The summed E-state index contributed by atoms with van der Waals surface area (Å²) in [5.41, 5.74) is 6.17. The van der Waals surface area contributed by atoms with E-state index < -0.39 is 39.7 Å². The van der Waals surface area contributed by atoms with Gasteiger partial charge in [-0.05, 0) is 48.9 Å². The standard InChI is InChI=1S/C20H38O7S.C7H7NO2.Na/c1-5-9-11-16(7-3)14-26-19(21)13-18(28(23,24)25)20(22)27-15-17(8-4)12-10-6-2;8-6-3-1-5(2-4-6)7(9)10;/h16-18H,5-15H2,1-4H3,(H,23,24,25);1-4H,8H2,(H,9,10);/q;;+1/p-1. The molecule has 0 aliphatic carbocycles. The average Bonchev–Trinajstić information content (AvgIpc) is 2.87. The minimum absolute atomic E-state index is 0. The molecular formula is C27H44NNaO9S. The van der Waals surface area contributed by atoms with Crippen LogP contribution in [0.5, 0.6) is 0 Å². The third kappa shape index (κ3) is 18.3. The van der Waals surface area contributed by atoms with Gasteiger partial charge in [0.25, 0.3) is 0 Å². The monoisotopic (exact) mass is 581 g/mol. The van der Waals surface area contributed by atoms with E-state index >= 15 is 0 Å². The molecule has 0 saturated heterocycles. The van der Waals surface area contributed by atoms with Crippen molar-refractivity contribution in [1.29, 1.82) is 0 Å². The van der Waals surface area contributed by atoms with Gasteiger partial charge in [-0.25, -0.2) is 13.2 Å². The summed E-state index contributed by atoms with van der Waals surface area (Å²) in [6.45, 7) is 8.26. The fraction of sp³-hybridized carbons (Fsp3) is 0.667. The summed E-state index contributed by atoms with van der Waals surface area (Å²) in [5, 5.41) is 6.38. The molecule has 10 nitrogen and oxygen atoms in total. The summed E-state index contributed by atoms with van der Waals surface area (Å²) in [6.07, 6.45) is 6.58. The van der Waals surface area contributed by atoms with Crippen LogP contribution in [0.15, 0.2) is 24.3 Å². The number of rotatable bonds is 17. The van der Waals surface area contributed by atoms with E-state index in [-0.39, 0.29) is 60.2 Å². The maximum Gasteiger partial charge on any atom is 1.00 e. The second kappa shape index (κ2) is 22.1. The molecule has 0 aromatic heterocycles. The summed E-state index contributed by atoms with van der Waals surface area (Å²) < 4.78 is 44.6. The topological polar surface area (TPSA) is 173 Å². The van der Waals surface area contributed by atoms with Crippen molar-refractivity contribution in [3.8, 4) is 0 Å². The van der Waals surface area contributed by atoms with Crippen LogP contribution in [0.4, 0.5) is 5.69 Å². The number of anilines is 1. The van der Waals surface area contributed by atoms with E-state index in [1.807, 2.05) is 13.8 Å². The number of hydrogen-bond donors (Lipinski definition) is 2. The van der Waals surface area contributed by atoms with Crippen LogP contribution in [0, 0.1) is 11.8 Å². The molecule has 0 fully saturated rings. The van der Waals surface area contributed by atoms with Gasteiger partial charge in [0.05, 0.1) is 25.2 Å². The summed E-state index contributed by atoms with van der Waals surface area (Å²) in [7, 11) is -5.01. The van der Waals surface area contributed by atoms with Crippen molar-refractivity contribution in [2.75, 3.05) is 18.9 Å². The summed E-state index contributed by atoms with van der Waals surface area (Å²) in [4.78, 5) is 34.4. The van der Waals surface area contributed by atoms with Crippen LogP contribution in [-0.2, 0) is 29.2 Å². The minimum atomic E-state index is -5.01. The molecule has 0 bridgehead atoms. The third-order valence-electron chi connectivity index (χ3n) is 6.15. The largest absolute Gasteiger partial charge is 1.00 e. The van der Waals surface area contributed by atoms with Gasteiger partial charge in [0.15, 0.2) is 5.25 Å². The molecule has 39 heavy (non-hydrogen) atoms. The fourth-order valence-electron chi connectivity index (χ4n) is 3.44. The molecule has 3 atom stereocenters. The Bertz CT molecular complexity index is 939. The Labute approximate surface area is 255 Å². The zero-order chi connectivity index (χ0) is 29.1. The molecule has 3 N–H and O–H groups in total. The van der Waals surface area contributed by atoms with Crippen molar-refractivity contribution < 1.29 is 71.5 Å². The summed E-state index contributed by atoms with van der Waals surface area (Å²) in [5.74, 6) is -2.67. The number of carboxylic acid groups (broad SMARTS) is 1. The Morgan fingerprint density at radius 1 is 0.897 bits per heavy atom. The van der Waals surface area contributed by atoms with E-state index in [1.54, 1.807) is 12.1 Å². The number of hydrogen-bond acceptors (Lipinski definition) is 9. The number of carbonyl (C=O) groups excluding carboxylic acids is 2. The first-order chi connectivity index (χ1) is 17.9. The van der Waals surface area contributed by atoms with Crippen LogP contribution in [0.25, 0.3) is 0 Å². The first-order valence-electron chi connectivity index (χ1n) is 13.2. The number of unbranched alkanes of at least 4 members (excludes halogenated alkanes) is 2. The van der Waals surface area contributed by atoms with Crippen molar-refractivity contribution in [2.24, 2.45) is 11.8 Å². The number of esters is 2. The van der Waals surface area contributed by atoms with E-state index in [2.05, 4.69) is 13.8 Å². The molecule has 0 saturated carbocycles. The molecule has 1 rings (SSSR count). The van der Waals surface area contributed by atoms with Gasteiger partial charge in [-0.1, -0.05) is 66.2 Å². The van der Waals surface area contributed by atoms with Crippen molar-refractivity contribution in [3.63, 3.8) is 0 Å². The zero-order valence-electron chi connectivity index (χ0n) is 24.0. The van der Waals surface area contributed by atoms with Crippen molar-refractivity contribution >= 4 is 33.7 Å². The van der Waals surface area contributed by atoms with Gasteiger partial charge in [0.2, 0.25) is 0 Å². The SMILES string of the molecule is CCCCC(CC)COC(=O)CC(C(=O)OCC(CC)CCCC)S(=O)(=O)[O-].Nc1ccc(C(=O)O)cc1.[Na+]. The van der Waals surface area contributed by atoms with Gasteiger partial charge in [-0.2, -0.15) is 0 Å². The molecule has 0 spiro atoms. The van der Waals surface area contributed by atoms with Gasteiger partial charge in [0, 0.05) is 5.69 Å². The number of ether oxygens (including phenoxy) is 2. The second-order valence-corrected chi connectivity index (χ2v) is 10.8. The number of nitrogen functional groups attached to an aromatic ring is 1. The van der Waals surface area contributed by atoms with E-state index in [1.165, 1.54) is 12.1 Å². The number of aromatic carboxylic acids is 1. The van der Waals surface area contributed by atoms with Gasteiger partial charge < -0.3 is 24.9 Å². The number of nitrogens with two attached hydrogens (primary N) is 1.